The molecule has 9 heteroatoms. The molecule has 0 aliphatic carbocycles. The summed E-state index contributed by atoms with van der Waals surface area (Å²) >= 11 is 0. The first-order valence-electron chi connectivity index (χ1n) is 28.3. The summed E-state index contributed by atoms with van der Waals surface area (Å²) < 4.78 is 14.6. The average molecular weight is 997 g/mol. The Morgan fingerprint density at radius 2 is 0.808 bits per heavy atom. The van der Waals surface area contributed by atoms with Crippen LogP contribution >= 0.6 is 0 Å². The van der Waals surface area contributed by atoms with Crippen LogP contribution in [0.4, 0.5) is 51.2 Å². The van der Waals surface area contributed by atoms with E-state index in [2.05, 4.69) is 238 Å². The summed E-state index contributed by atoms with van der Waals surface area (Å²) in [6, 6.07) is 69.4. The molecule has 0 spiro atoms. The number of ether oxygens (including phenoxy) is 1. The molecule has 8 heterocycles. The Bertz CT molecular complexity index is 4530. The Hall–Kier alpha value is -8.54. The van der Waals surface area contributed by atoms with E-state index in [1.165, 1.54) is 133 Å². The fraction of sp³-hybridized carbons (Fsp3) is 0.130. The second-order valence-corrected chi connectivity index (χ2v) is 23.9. The first-order chi connectivity index (χ1) is 38.2. The molecule has 0 bridgehead atoms. The predicted octanol–water partition coefficient (Wildman–Crippen LogP) is 9.42. The minimum Gasteiger partial charge on any atom is -0.458 e. The number of rotatable bonds is 4. The summed E-state index contributed by atoms with van der Waals surface area (Å²) in [5, 5.41) is 2.31. The molecule has 5 nitrogen and oxygen atoms in total. The number of benzene rings is 10. The third-order valence-electron chi connectivity index (χ3n) is 19.1. The van der Waals surface area contributed by atoms with Gasteiger partial charge in [0, 0.05) is 68.0 Å². The fourth-order valence-corrected chi connectivity index (χ4v) is 15.9. The quantitative estimate of drug-likeness (QED) is 0.164. The van der Waals surface area contributed by atoms with E-state index in [1.807, 2.05) is 0 Å². The van der Waals surface area contributed by atoms with Gasteiger partial charge in [-0.2, -0.15) is 0 Å². The molecule has 78 heavy (non-hydrogen) atoms. The molecule has 0 unspecified atom stereocenters. The van der Waals surface area contributed by atoms with Gasteiger partial charge in [0.15, 0.2) is 0 Å². The Morgan fingerprint density at radius 1 is 0.333 bits per heavy atom. The van der Waals surface area contributed by atoms with Crippen molar-refractivity contribution in [3.63, 3.8) is 0 Å². The number of furan rings is 1. The number of anilines is 9. The predicted molar refractivity (Wildman–Crippen MR) is 332 cm³/mol. The van der Waals surface area contributed by atoms with Crippen molar-refractivity contribution in [1.29, 1.82) is 0 Å². The van der Waals surface area contributed by atoms with Crippen LogP contribution in [0.1, 0.15) is 76.0 Å². The highest BCUT2D eigenvalue weighted by Gasteiger charge is 2.58. The molecule has 0 fully saturated rings. The van der Waals surface area contributed by atoms with Gasteiger partial charge in [0.25, 0.3) is 26.9 Å². The summed E-state index contributed by atoms with van der Waals surface area (Å²) in [6.07, 6.45) is 0. The molecule has 0 amide bonds. The molecule has 7 aliphatic heterocycles. The third-order valence-corrected chi connectivity index (χ3v) is 19.1. The van der Waals surface area contributed by atoms with Crippen molar-refractivity contribution in [2.24, 2.45) is 0 Å². The maximum atomic E-state index is 7.36. The van der Waals surface area contributed by atoms with Gasteiger partial charge in [-0.3, -0.25) is 0 Å². The van der Waals surface area contributed by atoms with Gasteiger partial charge in [0.2, 0.25) is 0 Å². The van der Waals surface area contributed by atoms with Gasteiger partial charge in [-0.15, -0.1) is 0 Å². The van der Waals surface area contributed by atoms with Crippen LogP contribution in [0, 0.1) is 0 Å². The second kappa shape index (κ2) is 15.1. The van der Waals surface area contributed by atoms with Crippen molar-refractivity contribution in [2.45, 2.75) is 59.3 Å². The first kappa shape index (κ1) is 43.5. The Morgan fingerprint density at radius 3 is 1.40 bits per heavy atom. The summed E-state index contributed by atoms with van der Waals surface area (Å²) in [4.78, 5) is 8.00. The Balaban J connectivity index is 1.01. The number of para-hydroxylation sites is 6. The van der Waals surface area contributed by atoms with E-state index in [9.17, 15) is 0 Å². The first-order valence-corrected chi connectivity index (χ1v) is 28.3. The molecule has 0 N–H and O–H groups in total. The lowest BCUT2D eigenvalue weighted by Crippen LogP contribution is -2.75. The molecule has 0 radical (unpaired) electrons. The zero-order valence-electron chi connectivity index (χ0n) is 44.5. The Labute approximate surface area is 456 Å². The smallest absolute Gasteiger partial charge is 0.256 e. The van der Waals surface area contributed by atoms with Crippen LogP contribution in [0.3, 0.4) is 0 Å². The molecule has 0 saturated carbocycles. The molecule has 0 atom stereocenters. The van der Waals surface area contributed by atoms with Gasteiger partial charge in [0.05, 0.1) is 0 Å². The molecule has 11 aromatic rings. The summed E-state index contributed by atoms with van der Waals surface area (Å²) in [5.41, 5.74) is 33.2. The van der Waals surface area contributed by atoms with Crippen LogP contribution in [0.25, 0.3) is 21.9 Å². The molecule has 0 saturated heterocycles. The monoisotopic (exact) mass is 997 g/mol. The lowest BCUT2D eigenvalue weighted by molar-refractivity contribution is 0.487. The van der Waals surface area contributed by atoms with Gasteiger partial charge in [-0.25, -0.2) is 0 Å². The van der Waals surface area contributed by atoms with Crippen LogP contribution in [-0.2, 0) is 0 Å². The van der Waals surface area contributed by atoms with E-state index in [-0.39, 0.29) is 26.9 Å². The van der Waals surface area contributed by atoms with E-state index < -0.39 is 0 Å². The topological polar surface area (TPSA) is 32.1 Å². The van der Waals surface area contributed by atoms with Gasteiger partial charge >= 0.3 is 0 Å². The SMILES string of the molecule is CC(C)c1cc(C(C)C)c(B2c3ccccc3Oc3cc4c(cc32)B2c3ccccc3N3c5ccccc5B5c6c3c2c2c3c6N(c6ccccc6B3c3ccccc3N42)c2ccc3c(oc4ccccc43)c25)c(C(C)C)c1. The van der Waals surface area contributed by atoms with Gasteiger partial charge in [-0.1, -0.05) is 174 Å². The zero-order chi connectivity index (χ0) is 51.7. The van der Waals surface area contributed by atoms with Gasteiger partial charge in [-0.05, 0) is 143 Å². The number of hydrogen-bond donors (Lipinski definition) is 0. The lowest BCUT2D eigenvalue weighted by atomic mass is 9.24. The second-order valence-electron chi connectivity index (χ2n) is 23.9. The van der Waals surface area contributed by atoms with Crippen LogP contribution in [0.2, 0.25) is 0 Å². The van der Waals surface area contributed by atoms with Crippen molar-refractivity contribution in [3.8, 4) is 11.5 Å². The summed E-state index contributed by atoms with van der Waals surface area (Å²) in [7, 11) is 0. The minimum atomic E-state index is -0.112. The summed E-state index contributed by atoms with van der Waals surface area (Å²) in [5.74, 6) is 2.91. The van der Waals surface area contributed by atoms with Crippen molar-refractivity contribution in [2.75, 3.05) is 14.7 Å². The maximum Gasteiger partial charge on any atom is 0.256 e. The molecule has 18 rings (SSSR count). The number of hydrogen-bond acceptors (Lipinski definition) is 5. The van der Waals surface area contributed by atoms with E-state index in [4.69, 9.17) is 9.15 Å². The van der Waals surface area contributed by atoms with Crippen molar-refractivity contribution < 1.29 is 9.15 Å². The molecular formula is C69H51B4N3O2. The van der Waals surface area contributed by atoms with Gasteiger partial charge < -0.3 is 23.9 Å². The fourth-order valence-electron chi connectivity index (χ4n) is 15.9. The number of nitrogens with zero attached hydrogens (tertiary/aromatic N) is 3. The zero-order valence-corrected chi connectivity index (χ0v) is 44.5. The highest BCUT2D eigenvalue weighted by atomic mass is 16.5. The van der Waals surface area contributed by atoms with E-state index in [0.29, 0.717) is 17.8 Å². The normalized spacial score (nSPS) is 14.8. The van der Waals surface area contributed by atoms with Crippen LogP contribution in [0.15, 0.2) is 186 Å². The van der Waals surface area contributed by atoms with Gasteiger partial charge in [0.1, 0.15) is 22.7 Å². The summed E-state index contributed by atoms with van der Waals surface area (Å²) in [6.45, 7) is 13.9. The highest BCUT2D eigenvalue weighted by molar-refractivity contribution is 7.09. The molecule has 7 aliphatic rings. The van der Waals surface area contributed by atoms with Crippen molar-refractivity contribution >= 4 is 166 Å². The van der Waals surface area contributed by atoms with E-state index >= 15 is 0 Å². The standard InChI is InChI=1S/C69H51B4N3O2/c1-37(2)40-33-43(38(3)4)61(44(34-40)39(5)6)72-49-24-12-18-30-59(49)77-60-36-57-50(35-51(60)72)71-47-22-10-13-25-52(47)74-55-28-16-11-23-48(55)73-62-56(32-31-42-41-19-7-17-29-58(41)78-69(42)62)75-53-26-14-8-20-45(53)70-46-21-9-15-27-54(46)76(57)66-63(70)68(75)65(73)67(74)64(66)71/h7-39H,1-6H3. The molecule has 366 valence electrons. The number of fused-ring (bicyclic) bond motifs is 24. The van der Waals surface area contributed by atoms with Crippen LogP contribution in [-0.4, -0.2) is 26.9 Å². The third kappa shape index (κ3) is 5.24. The minimum absolute atomic E-state index is 0.0126. The lowest BCUT2D eigenvalue weighted by Gasteiger charge is -2.55. The maximum absolute atomic E-state index is 7.36. The van der Waals surface area contributed by atoms with E-state index in [0.717, 1.165) is 33.4 Å². The molecule has 1 aromatic heterocycles. The van der Waals surface area contributed by atoms with Crippen molar-refractivity contribution in [1.82, 2.24) is 0 Å². The van der Waals surface area contributed by atoms with E-state index in [1.54, 1.807) is 0 Å². The van der Waals surface area contributed by atoms with Crippen LogP contribution in [0.5, 0.6) is 11.5 Å². The van der Waals surface area contributed by atoms with Crippen LogP contribution < -0.4 is 85.0 Å². The Kier molecular flexibility index (Phi) is 8.45. The molecule has 10 aromatic carbocycles. The molecular weight excluding hydrogens is 946 g/mol. The van der Waals surface area contributed by atoms with Crippen molar-refractivity contribution in [3.05, 3.63) is 199 Å². The highest BCUT2D eigenvalue weighted by Crippen LogP contribution is 2.52. The largest absolute Gasteiger partial charge is 0.458 e. The average Bonchev–Trinajstić information content (AvgIpc) is 2.48.